The molecule has 3 aromatic rings. The second-order valence-electron chi connectivity index (χ2n) is 9.16. The van der Waals surface area contributed by atoms with Gasteiger partial charge in [0.15, 0.2) is 0 Å². The number of halogens is 2. The highest BCUT2D eigenvalue weighted by atomic mass is 35.5. The molecule has 0 bridgehead atoms. The Labute approximate surface area is 215 Å². The molecule has 36 heavy (non-hydrogen) atoms. The maximum atomic E-state index is 14.3. The monoisotopic (exact) mass is 512 g/mol. The Bertz CT molecular complexity index is 1280. The summed E-state index contributed by atoms with van der Waals surface area (Å²) in [6.45, 7) is 4.50. The smallest absolute Gasteiger partial charge is 0.409 e. The van der Waals surface area contributed by atoms with E-state index in [1.165, 1.54) is 6.07 Å². The number of carbonyl (C=O) groups is 2. The molecule has 0 spiro atoms. The molecule has 2 heterocycles. The van der Waals surface area contributed by atoms with Gasteiger partial charge < -0.3 is 19.4 Å². The molecule has 1 aliphatic heterocycles. The first-order valence-corrected chi connectivity index (χ1v) is 12.4. The maximum Gasteiger partial charge on any atom is 0.409 e. The number of ether oxygens (including phenoxy) is 1. The zero-order chi connectivity index (χ0) is 25.8. The van der Waals surface area contributed by atoms with Gasteiger partial charge in [-0.1, -0.05) is 24.6 Å². The molecular formula is C27H30ClFN4O3. The maximum absolute atomic E-state index is 14.3. The Kier molecular flexibility index (Phi) is 8.06. The number of hydrogen-bond acceptors (Lipinski definition) is 5. The number of hydrogen-bond donors (Lipinski definition) is 0. The molecule has 2 aromatic carbocycles. The van der Waals surface area contributed by atoms with Gasteiger partial charge in [0, 0.05) is 54.8 Å². The molecular weight excluding hydrogens is 483 g/mol. The number of amides is 2. The fourth-order valence-electron chi connectivity index (χ4n) is 4.22. The molecule has 0 atom stereocenters. The molecule has 1 fully saturated rings. The topological polar surface area (TPSA) is 66.0 Å². The van der Waals surface area contributed by atoms with Crippen LogP contribution in [0.15, 0.2) is 42.5 Å². The van der Waals surface area contributed by atoms with E-state index in [1.807, 2.05) is 25.9 Å². The summed E-state index contributed by atoms with van der Waals surface area (Å²) in [5.74, 6) is -0.400. The molecule has 1 aliphatic rings. The van der Waals surface area contributed by atoms with Crippen molar-refractivity contribution < 1.29 is 18.7 Å². The minimum absolute atomic E-state index is 0.128. The summed E-state index contributed by atoms with van der Waals surface area (Å²) in [5.41, 5.74) is 3.01. The summed E-state index contributed by atoms with van der Waals surface area (Å²) < 4.78 is 19.5. The van der Waals surface area contributed by atoms with Crippen molar-refractivity contribution in [2.75, 3.05) is 46.9 Å². The van der Waals surface area contributed by atoms with E-state index in [4.69, 9.17) is 21.3 Å². The number of pyridine rings is 1. The molecule has 9 heteroatoms. The van der Waals surface area contributed by atoms with E-state index >= 15 is 0 Å². The van der Waals surface area contributed by atoms with Gasteiger partial charge in [0.05, 0.1) is 22.8 Å². The van der Waals surface area contributed by atoms with Crippen molar-refractivity contribution in [1.82, 2.24) is 19.7 Å². The molecule has 0 radical (unpaired) electrons. The number of carbonyl (C=O) groups excluding carboxylic acids is 2. The first-order chi connectivity index (χ1) is 17.3. The molecule has 7 nitrogen and oxygen atoms in total. The molecule has 2 amide bonds. The average molecular weight is 513 g/mol. The number of rotatable bonds is 6. The molecule has 1 aromatic heterocycles. The van der Waals surface area contributed by atoms with Crippen LogP contribution in [0, 0.1) is 5.82 Å². The SMILES string of the molecule is CCCOC(=O)N1CCN(C(=O)c2ccc3c(Cl)cc(-c4ccc(F)c(CN(C)C)c4)nc3c2)CC1. The first kappa shape index (κ1) is 25.9. The van der Waals surface area contributed by atoms with Gasteiger partial charge in [-0.2, -0.15) is 0 Å². The van der Waals surface area contributed by atoms with Gasteiger partial charge in [-0.05, 0) is 56.9 Å². The van der Waals surface area contributed by atoms with Crippen LogP contribution in [0.4, 0.5) is 9.18 Å². The molecule has 0 unspecified atom stereocenters. The Balaban J connectivity index is 1.55. The minimum Gasteiger partial charge on any atom is -0.449 e. The lowest BCUT2D eigenvalue weighted by atomic mass is 10.0. The van der Waals surface area contributed by atoms with Gasteiger partial charge in [-0.25, -0.2) is 14.2 Å². The lowest BCUT2D eigenvalue weighted by Gasteiger charge is -2.34. The average Bonchev–Trinajstić information content (AvgIpc) is 2.87. The summed E-state index contributed by atoms with van der Waals surface area (Å²) in [6, 6.07) is 11.9. The van der Waals surface area contributed by atoms with Crippen LogP contribution in [-0.2, 0) is 11.3 Å². The third kappa shape index (κ3) is 5.77. The van der Waals surface area contributed by atoms with Crippen molar-refractivity contribution in [3.8, 4) is 11.3 Å². The molecule has 0 aliphatic carbocycles. The van der Waals surface area contributed by atoms with Gasteiger partial charge in [0.25, 0.3) is 5.91 Å². The lowest BCUT2D eigenvalue weighted by molar-refractivity contribution is 0.0560. The van der Waals surface area contributed by atoms with Crippen molar-refractivity contribution in [3.63, 3.8) is 0 Å². The predicted molar refractivity (Wildman–Crippen MR) is 139 cm³/mol. The molecule has 0 saturated carbocycles. The fourth-order valence-corrected chi connectivity index (χ4v) is 4.48. The van der Waals surface area contributed by atoms with Crippen molar-refractivity contribution in [3.05, 3.63) is 64.4 Å². The van der Waals surface area contributed by atoms with Crippen LogP contribution in [0.2, 0.25) is 5.02 Å². The summed E-state index contributed by atoms with van der Waals surface area (Å²) in [7, 11) is 3.77. The van der Waals surface area contributed by atoms with Crippen LogP contribution in [0.1, 0.15) is 29.3 Å². The van der Waals surface area contributed by atoms with E-state index < -0.39 is 0 Å². The zero-order valence-electron chi connectivity index (χ0n) is 20.8. The highest BCUT2D eigenvalue weighted by Gasteiger charge is 2.26. The number of benzene rings is 2. The highest BCUT2D eigenvalue weighted by Crippen LogP contribution is 2.30. The third-order valence-corrected chi connectivity index (χ3v) is 6.40. The first-order valence-electron chi connectivity index (χ1n) is 12.0. The number of piperazine rings is 1. The van der Waals surface area contributed by atoms with Crippen molar-refractivity contribution >= 4 is 34.5 Å². The van der Waals surface area contributed by atoms with Gasteiger partial charge in [0.1, 0.15) is 5.82 Å². The van der Waals surface area contributed by atoms with Crippen molar-refractivity contribution in [2.24, 2.45) is 0 Å². The molecule has 1 saturated heterocycles. The van der Waals surface area contributed by atoms with Gasteiger partial charge in [0.2, 0.25) is 0 Å². The summed E-state index contributed by atoms with van der Waals surface area (Å²) in [4.78, 5) is 35.3. The Morgan fingerprint density at radius 2 is 1.78 bits per heavy atom. The minimum atomic E-state index is -0.337. The van der Waals surface area contributed by atoms with E-state index in [-0.39, 0.29) is 17.8 Å². The van der Waals surface area contributed by atoms with Crippen LogP contribution < -0.4 is 0 Å². The van der Waals surface area contributed by atoms with Crippen LogP contribution >= 0.6 is 11.6 Å². The van der Waals surface area contributed by atoms with Crippen LogP contribution in [-0.4, -0.2) is 78.6 Å². The number of nitrogens with zero attached hydrogens (tertiary/aromatic N) is 4. The molecule has 0 N–H and O–H groups in total. The normalized spacial score (nSPS) is 13.9. The van der Waals surface area contributed by atoms with Crippen LogP contribution in [0.3, 0.4) is 0 Å². The third-order valence-electron chi connectivity index (χ3n) is 6.09. The predicted octanol–water partition coefficient (Wildman–Crippen LogP) is 5.06. The Morgan fingerprint density at radius 1 is 1.06 bits per heavy atom. The van der Waals surface area contributed by atoms with E-state index in [1.54, 1.807) is 46.2 Å². The largest absolute Gasteiger partial charge is 0.449 e. The van der Waals surface area contributed by atoms with E-state index in [9.17, 15) is 14.0 Å². The summed E-state index contributed by atoms with van der Waals surface area (Å²) >= 11 is 6.56. The lowest BCUT2D eigenvalue weighted by Crippen LogP contribution is -2.50. The van der Waals surface area contributed by atoms with Gasteiger partial charge in [-0.3, -0.25) is 4.79 Å². The van der Waals surface area contributed by atoms with Crippen molar-refractivity contribution in [2.45, 2.75) is 19.9 Å². The highest BCUT2D eigenvalue weighted by molar-refractivity contribution is 6.35. The van der Waals surface area contributed by atoms with Gasteiger partial charge >= 0.3 is 6.09 Å². The van der Waals surface area contributed by atoms with Crippen LogP contribution in [0.25, 0.3) is 22.2 Å². The second kappa shape index (κ2) is 11.2. The zero-order valence-corrected chi connectivity index (χ0v) is 21.5. The van der Waals surface area contributed by atoms with E-state index in [0.717, 1.165) is 17.4 Å². The summed E-state index contributed by atoms with van der Waals surface area (Å²) in [5, 5.41) is 1.24. The van der Waals surface area contributed by atoms with Crippen molar-refractivity contribution in [1.29, 1.82) is 0 Å². The van der Waals surface area contributed by atoms with Crippen LogP contribution in [0.5, 0.6) is 0 Å². The Hall–Kier alpha value is -3.23. The quantitative estimate of drug-likeness (QED) is 0.462. The Morgan fingerprint density at radius 3 is 2.47 bits per heavy atom. The number of aromatic nitrogens is 1. The van der Waals surface area contributed by atoms with Gasteiger partial charge in [-0.15, -0.1) is 0 Å². The van der Waals surface area contributed by atoms with E-state index in [2.05, 4.69) is 0 Å². The molecule has 190 valence electrons. The second-order valence-corrected chi connectivity index (χ2v) is 9.57. The van der Waals surface area contributed by atoms with E-state index in [0.29, 0.717) is 66.7 Å². The number of fused-ring (bicyclic) bond motifs is 1. The standard InChI is InChI=1S/C27H30ClFN4O3/c1-4-13-36-27(35)33-11-9-32(10-12-33)26(34)19-5-7-21-22(28)16-24(30-25(21)15-19)18-6-8-23(29)20(14-18)17-31(2)3/h5-8,14-16H,4,9-13,17H2,1-3H3. The summed E-state index contributed by atoms with van der Waals surface area (Å²) in [6.07, 6.45) is 0.431. The molecule has 4 rings (SSSR count). The fraction of sp³-hybridized carbons (Fsp3) is 0.370.